The topological polar surface area (TPSA) is 41.6 Å². The van der Waals surface area contributed by atoms with Crippen molar-refractivity contribution in [2.75, 3.05) is 26.2 Å². The third kappa shape index (κ3) is 3.91. The summed E-state index contributed by atoms with van der Waals surface area (Å²) in [5.74, 6) is 1.63. The maximum atomic E-state index is 12.5. The molecule has 136 valence electrons. The zero-order valence-corrected chi connectivity index (χ0v) is 15.1. The lowest BCUT2D eigenvalue weighted by molar-refractivity contribution is -0.123. The standard InChI is InChI=1S/C22H26N2O2/c25-22(23-20-12-15-26-21-9-5-4-8-19(20)21)16-24-13-10-18(11-14-24)17-6-2-1-3-7-17/h1-9,18,20H,10-16H2,(H,23,25). The molecule has 0 bridgehead atoms. The van der Waals surface area contributed by atoms with Gasteiger partial charge in [-0.15, -0.1) is 0 Å². The van der Waals surface area contributed by atoms with E-state index in [1.54, 1.807) is 0 Å². The number of ether oxygens (including phenoxy) is 1. The zero-order valence-electron chi connectivity index (χ0n) is 15.1. The number of hydrogen-bond donors (Lipinski definition) is 1. The first-order chi connectivity index (χ1) is 12.8. The van der Waals surface area contributed by atoms with E-state index in [1.165, 1.54) is 5.56 Å². The number of benzene rings is 2. The van der Waals surface area contributed by atoms with E-state index in [4.69, 9.17) is 4.74 Å². The minimum atomic E-state index is 0.0642. The summed E-state index contributed by atoms with van der Waals surface area (Å²) >= 11 is 0. The normalized spacial score (nSPS) is 20.8. The monoisotopic (exact) mass is 350 g/mol. The molecule has 1 fully saturated rings. The average molecular weight is 350 g/mol. The molecule has 26 heavy (non-hydrogen) atoms. The van der Waals surface area contributed by atoms with E-state index < -0.39 is 0 Å². The first-order valence-electron chi connectivity index (χ1n) is 9.58. The van der Waals surface area contributed by atoms with Crippen LogP contribution in [0.25, 0.3) is 0 Å². The molecule has 1 unspecified atom stereocenters. The summed E-state index contributed by atoms with van der Waals surface area (Å²) in [6.07, 6.45) is 3.08. The fourth-order valence-electron chi connectivity index (χ4n) is 4.08. The Hall–Kier alpha value is -2.33. The predicted octanol–water partition coefficient (Wildman–Crippen LogP) is 3.51. The highest BCUT2D eigenvalue weighted by molar-refractivity contribution is 5.78. The molecule has 0 saturated carbocycles. The minimum absolute atomic E-state index is 0.0642. The van der Waals surface area contributed by atoms with Gasteiger partial charge in [0, 0.05) is 12.0 Å². The summed E-state index contributed by atoms with van der Waals surface area (Å²) < 4.78 is 5.68. The molecule has 2 aliphatic heterocycles. The van der Waals surface area contributed by atoms with Crippen LogP contribution in [0.2, 0.25) is 0 Å². The van der Waals surface area contributed by atoms with Gasteiger partial charge in [-0.3, -0.25) is 9.69 Å². The van der Waals surface area contributed by atoms with Gasteiger partial charge in [0.25, 0.3) is 0 Å². The van der Waals surface area contributed by atoms with Crippen molar-refractivity contribution in [3.05, 3.63) is 65.7 Å². The van der Waals surface area contributed by atoms with Gasteiger partial charge in [-0.25, -0.2) is 0 Å². The highest BCUT2D eigenvalue weighted by Gasteiger charge is 2.25. The van der Waals surface area contributed by atoms with E-state index >= 15 is 0 Å². The maximum absolute atomic E-state index is 12.5. The molecular weight excluding hydrogens is 324 g/mol. The predicted molar refractivity (Wildman–Crippen MR) is 102 cm³/mol. The largest absolute Gasteiger partial charge is 0.493 e. The number of hydrogen-bond acceptors (Lipinski definition) is 3. The third-order valence-electron chi connectivity index (χ3n) is 5.52. The van der Waals surface area contributed by atoms with Crippen LogP contribution in [-0.4, -0.2) is 37.0 Å². The summed E-state index contributed by atoms with van der Waals surface area (Å²) in [6, 6.07) is 18.8. The first kappa shape index (κ1) is 17.1. The molecule has 0 aliphatic carbocycles. The second-order valence-electron chi connectivity index (χ2n) is 7.26. The Kier molecular flexibility index (Phi) is 5.21. The number of nitrogens with one attached hydrogen (secondary N) is 1. The summed E-state index contributed by atoms with van der Waals surface area (Å²) in [5.41, 5.74) is 2.52. The van der Waals surface area contributed by atoms with Crippen LogP contribution in [0.1, 0.15) is 42.3 Å². The number of piperidine rings is 1. The lowest BCUT2D eigenvalue weighted by Gasteiger charge is -2.32. The van der Waals surface area contributed by atoms with Crippen LogP contribution in [0, 0.1) is 0 Å². The lowest BCUT2D eigenvalue weighted by atomic mass is 9.89. The van der Waals surface area contributed by atoms with Crippen molar-refractivity contribution in [2.24, 2.45) is 0 Å². The van der Waals surface area contributed by atoms with E-state index in [-0.39, 0.29) is 11.9 Å². The highest BCUT2D eigenvalue weighted by Crippen LogP contribution is 2.31. The molecular formula is C22H26N2O2. The van der Waals surface area contributed by atoms with Crippen molar-refractivity contribution in [3.8, 4) is 5.75 Å². The van der Waals surface area contributed by atoms with E-state index in [0.717, 1.165) is 43.7 Å². The number of rotatable bonds is 4. The fraction of sp³-hybridized carbons (Fsp3) is 0.409. The molecule has 1 amide bonds. The molecule has 0 aromatic heterocycles. The van der Waals surface area contributed by atoms with E-state index in [0.29, 0.717) is 19.1 Å². The van der Waals surface area contributed by atoms with Crippen molar-refractivity contribution in [3.63, 3.8) is 0 Å². The first-order valence-corrected chi connectivity index (χ1v) is 9.58. The van der Waals surface area contributed by atoms with Crippen molar-refractivity contribution in [2.45, 2.75) is 31.2 Å². The van der Waals surface area contributed by atoms with Gasteiger partial charge >= 0.3 is 0 Å². The summed E-state index contributed by atoms with van der Waals surface area (Å²) in [4.78, 5) is 14.8. The Morgan fingerprint density at radius 3 is 2.54 bits per heavy atom. The molecule has 2 aromatic carbocycles. The summed E-state index contributed by atoms with van der Waals surface area (Å²) in [7, 11) is 0. The molecule has 4 heteroatoms. The Labute approximate surface area is 155 Å². The van der Waals surface area contributed by atoms with E-state index in [2.05, 4.69) is 40.5 Å². The Balaban J connectivity index is 1.29. The van der Waals surface area contributed by atoms with Gasteiger partial charge in [0.1, 0.15) is 5.75 Å². The second-order valence-corrected chi connectivity index (χ2v) is 7.26. The van der Waals surface area contributed by atoms with Crippen LogP contribution in [0.3, 0.4) is 0 Å². The van der Waals surface area contributed by atoms with Crippen molar-refractivity contribution in [1.29, 1.82) is 0 Å². The average Bonchev–Trinajstić information content (AvgIpc) is 2.69. The quantitative estimate of drug-likeness (QED) is 0.917. The molecule has 1 N–H and O–H groups in total. The zero-order chi connectivity index (χ0) is 17.8. The maximum Gasteiger partial charge on any atom is 0.234 e. The van der Waals surface area contributed by atoms with Gasteiger partial charge in [-0.2, -0.15) is 0 Å². The molecule has 0 spiro atoms. The number of carbonyl (C=O) groups is 1. The number of amides is 1. The van der Waals surface area contributed by atoms with Crippen molar-refractivity contribution in [1.82, 2.24) is 10.2 Å². The van der Waals surface area contributed by atoms with Crippen LogP contribution in [0.4, 0.5) is 0 Å². The molecule has 2 heterocycles. The van der Waals surface area contributed by atoms with Crippen LogP contribution in [0.5, 0.6) is 5.75 Å². The number of para-hydroxylation sites is 1. The smallest absolute Gasteiger partial charge is 0.234 e. The molecule has 2 aromatic rings. The number of carbonyl (C=O) groups excluding carboxylic acids is 1. The Morgan fingerprint density at radius 2 is 1.73 bits per heavy atom. The van der Waals surface area contributed by atoms with Crippen LogP contribution in [-0.2, 0) is 4.79 Å². The van der Waals surface area contributed by atoms with E-state index in [9.17, 15) is 4.79 Å². The molecule has 0 radical (unpaired) electrons. The Morgan fingerprint density at radius 1 is 1.00 bits per heavy atom. The summed E-state index contributed by atoms with van der Waals surface area (Å²) in [6.45, 7) is 3.11. The van der Waals surface area contributed by atoms with Crippen LogP contribution in [0.15, 0.2) is 54.6 Å². The van der Waals surface area contributed by atoms with Gasteiger partial charge in [0.05, 0.1) is 19.2 Å². The summed E-state index contributed by atoms with van der Waals surface area (Å²) in [5, 5.41) is 3.20. The number of fused-ring (bicyclic) bond motifs is 1. The molecule has 4 nitrogen and oxygen atoms in total. The highest BCUT2D eigenvalue weighted by atomic mass is 16.5. The minimum Gasteiger partial charge on any atom is -0.493 e. The van der Waals surface area contributed by atoms with Crippen molar-refractivity contribution < 1.29 is 9.53 Å². The number of likely N-dealkylation sites (tertiary alicyclic amines) is 1. The number of nitrogens with zero attached hydrogens (tertiary/aromatic N) is 1. The van der Waals surface area contributed by atoms with Crippen LogP contribution >= 0.6 is 0 Å². The fourth-order valence-corrected chi connectivity index (χ4v) is 4.08. The van der Waals surface area contributed by atoms with Crippen molar-refractivity contribution >= 4 is 5.91 Å². The van der Waals surface area contributed by atoms with Gasteiger partial charge in [0.15, 0.2) is 0 Å². The SMILES string of the molecule is O=C(CN1CCC(c2ccccc2)CC1)NC1CCOc2ccccc21. The van der Waals surface area contributed by atoms with Gasteiger partial charge in [-0.05, 0) is 43.5 Å². The van der Waals surface area contributed by atoms with E-state index in [1.807, 2.05) is 24.3 Å². The van der Waals surface area contributed by atoms with Gasteiger partial charge in [0.2, 0.25) is 5.91 Å². The second kappa shape index (κ2) is 7.92. The lowest BCUT2D eigenvalue weighted by Crippen LogP contribution is -2.42. The van der Waals surface area contributed by atoms with Crippen LogP contribution < -0.4 is 10.1 Å². The van der Waals surface area contributed by atoms with Gasteiger partial charge < -0.3 is 10.1 Å². The molecule has 4 rings (SSSR count). The molecule has 1 saturated heterocycles. The Bertz CT molecular complexity index is 739. The van der Waals surface area contributed by atoms with Gasteiger partial charge in [-0.1, -0.05) is 48.5 Å². The molecule has 1 atom stereocenters. The molecule has 2 aliphatic rings. The third-order valence-corrected chi connectivity index (χ3v) is 5.52.